The van der Waals surface area contributed by atoms with Crippen LogP contribution in [0, 0.1) is 6.92 Å². The molecule has 6 nitrogen and oxygen atoms in total. The van der Waals surface area contributed by atoms with Crippen LogP contribution in [0.1, 0.15) is 28.8 Å². The second-order valence-corrected chi connectivity index (χ2v) is 5.43. The maximum absolute atomic E-state index is 12.4. The van der Waals surface area contributed by atoms with E-state index in [1.807, 2.05) is 19.1 Å². The van der Waals surface area contributed by atoms with E-state index in [1.165, 1.54) is 10.6 Å². The summed E-state index contributed by atoms with van der Waals surface area (Å²) in [7, 11) is 0. The van der Waals surface area contributed by atoms with Gasteiger partial charge in [-0.1, -0.05) is 0 Å². The van der Waals surface area contributed by atoms with Crippen molar-refractivity contribution in [1.82, 2.24) is 20.0 Å². The van der Waals surface area contributed by atoms with Gasteiger partial charge in [0.1, 0.15) is 11.2 Å². The smallest absolute Gasteiger partial charge is 0.270 e. The van der Waals surface area contributed by atoms with Crippen LogP contribution in [-0.2, 0) is 0 Å². The Morgan fingerprint density at radius 3 is 3.14 bits per heavy atom. The number of nitrogens with zero attached hydrogens (tertiary/aromatic N) is 2. The number of aromatic nitrogens is 2. The summed E-state index contributed by atoms with van der Waals surface area (Å²) in [6, 6.07) is 3.71. The van der Waals surface area contributed by atoms with Crippen LogP contribution in [-0.4, -0.2) is 34.4 Å². The zero-order valence-electron chi connectivity index (χ0n) is 11.9. The number of piperidine rings is 1. The predicted octanol–water partition coefficient (Wildman–Crippen LogP) is 0.485. The van der Waals surface area contributed by atoms with Crippen LogP contribution in [0.5, 0.6) is 0 Å². The third-order valence-corrected chi connectivity index (χ3v) is 3.74. The molecule has 1 amide bonds. The van der Waals surface area contributed by atoms with Gasteiger partial charge in [0.05, 0.1) is 0 Å². The van der Waals surface area contributed by atoms with E-state index in [0.717, 1.165) is 31.5 Å². The molecule has 0 spiro atoms. The number of carbonyl (C=O) groups excluding carboxylic acids is 1. The molecule has 110 valence electrons. The number of pyridine rings is 1. The third-order valence-electron chi connectivity index (χ3n) is 3.74. The predicted molar refractivity (Wildman–Crippen MR) is 79.6 cm³/mol. The summed E-state index contributed by atoms with van der Waals surface area (Å²) in [5, 5.41) is 6.13. The summed E-state index contributed by atoms with van der Waals surface area (Å²) < 4.78 is 1.40. The Bertz CT molecular complexity index is 732. The molecule has 0 aromatic carbocycles. The molecule has 2 aromatic heterocycles. The second-order valence-electron chi connectivity index (χ2n) is 5.43. The van der Waals surface area contributed by atoms with E-state index in [0.29, 0.717) is 5.65 Å². The largest absolute Gasteiger partial charge is 0.348 e. The maximum Gasteiger partial charge on any atom is 0.270 e. The fraction of sp³-hybridized carbons (Fsp3) is 0.400. The Morgan fingerprint density at radius 1 is 1.52 bits per heavy atom. The quantitative estimate of drug-likeness (QED) is 0.842. The molecular weight excluding hydrogens is 268 g/mol. The van der Waals surface area contributed by atoms with Crippen LogP contribution < -0.4 is 16.2 Å². The van der Waals surface area contributed by atoms with Gasteiger partial charge in [0, 0.05) is 25.0 Å². The van der Waals surface area contributed by atoms with Gasteiger partial charge in [0.15, 0.2) is 0 Å². The molecule has 0 saturated carbocycles. The lowest BCUT2D eigenvalue weighted by Gasteiger charge is -2.23. The molecule has 2 N–H and O–H groups in total. The van der Waals surface area contributed by atoms with Gasteiger partial charge in [-0.05, 0) is 44.0 Å². The standard InChI is InChI=1S/C15H18N4O2/c1-10-4-6-19-13(7-10)17-9-12(15(19)21)14(20)18-11-3-2-5-16-8-11/h4,6-7,9,11,16H,2-3,5,8H2,1H3,(H,18,20). The van der Waals surface area contributed by atoms with Crippen molar-refractivity contribution in [3.63, 3.8) is 0 Å². The van der Waals surface area contributed by atoms with Gasteiger partial charge in [-0.25, -0.2) is 4.98 Å². The Balaban J connectivity index is 1.89. The number of hydrogen-bond donors (Lipinski definition) is 2. The summed E-state index contributed by atoms with van der Waals surface area (Å²) in [5.74, 6) is -0.351. The minimum Gasteiger partial charge on any atom is -0.348 e. The van der Waals surface area contributed by atoms with Gasteiger partial charge in [0.25, 0.3) is 11.5 Å². The minimum absolute atomic E-state index is 0.0735. The van der Waals surface area contributed by atoms with Crippen LogP contribution in [0.3, 0.4) is 0 Å². The Labute approximate surface area is 122 Å². The number of carbonyl (C=O) groups is 1. The first kappa shape index (κ1) is 13.8. The van der Waals surface area contributed by atoms with Gasteiger partial charge >= 0.3 is 0 Å². The van der Waals surface area contributed by atoms with E-state index in [2.05, 4.69) is 15.6 Å². The first-order chi connectivity index (χ1) is 10.1. The van der Waals surface area contributed by atoms with E-state index < -0.39 is 0 Å². The lowest BCUT2D eigenvalue weighted by molar-refractivity contribution is 0.0928. The average molecular weight is 286 g/mol. The topological polar surface area (TPSA) is 75.5 Å². The van der Waals surface area contributed by atoms with Gasteiger partial charge in [0.2, 0.25) is 0 Å². The van der Waals surface area contributed by atoms with Gasteiger partial charge in [-0.3, -0.25) is 14.0 Å². The highest BCUT2D eigenvalue weighted by molar-refractivity contribution is 5.93. The van der Waals surface area contributed by atoms with Crippen molar-refractivity contribution in [3.8, 4) is 0 Å². The van der Waals surface area contributed by atoms with Crippen molar-refractivity contribution in [3.05, 3.63) is 46.0 Å². The molecule has 6 heteroatoms. The van der Waals surface area contributed by atoms with E-state index in [1.54, 1.807) is 6.20 Å². The molecule has 0 bridgehead atoms. The zero-order valence-corrected chi connectivity index (χ0v) is 11.9. The zero-order chi connectivity index (χ0) is 14.8. The van der Waals surface area contributed by atoms with Crippen molar-refractivity contribution < 1.29 is 4.79 Å². The number of aryl methyl sites for hydroxylation is 1. The SMILES string of the molecule is Cc1ccn2c(=O)c(C(=O)NC3CCCNC3)cnc2c1. The highest BCUT2D eigenvalue weighted by Gasteiger charge is 2.19. The molecule has 3 heterocycles. The Hall–Kier alpha value is -2.21. The highest BCUT2D eigenvalue weighted by Crippen LogP contribution is 2.04. The molecule has 1 saturated heterocycles. The summed E-state index contributed by atoms with van der Waals surface area (Å²) in [4.78, 5) is 28.8. The summed E-state index contributed by atoms with van der Waals surface area (Å²) >= 11 is 0. The molecular formula is C15H18N4O2. The molecule has 3 rings (SSSR count). The number of fused-ring (bicyclic) bond motifs is 1. The molecule has 0 aliphatic carbocycles. The number of rotatable bonds is 2. The molecule has 2 aromatic rings. The second kappa shape index (κ2) is 5.65. The molecule has 1 aliphatic rings. The highest BCUT2D eigenvalue weighted by atomic mass is 16.2. The van der Waals surface area contributed by atoms with Gasteiger partial charge in [-0.2, -0.15) is 0 Å². The van der Waals surface area contributed by atoms with E-state index in [4.69, 9.17) is 0 Å². The Kier molecular flexibility index (Phi) is 3.70. The van der Waals surface area contributed by atoms with E-state index >= 15 is 0 Å². The first-order valence-electron chi connectivity index (χ1n) is 7.15. The molecule has 1 atom stereocenters. The number of nitrogens with one attached hydrogen (secondary N) is 2. The van der Waals surface area contributed by atoms with Crippen LogP contribution in [0.25, 0.3) is 5.65 Å². The molecule has 1 unspecified atom stereocenters. The maximum atomic E-state index is 12.4. The lowest BCUT2D eigenvalue weighted by Crippen LogP contribution is -2.46. The Morgan fingerprint density at radius 2 is 2.38 bits per heavy atom. The summed E-state index contributed by atoms with van der Waals surface area (Å²) in [5.41, 5.74) is 1.33. The number of amides is 1. The molecule has 21 heavy (non-hydrogen) atoms. The van der Waals surface area contributed by atoms with Gasteiger partial charge in [-0.15, -0.1) is 0 Å². The first-order valence-corrected chi connectivity index (χ1v) is 7.15. The van der Waals surface area contributed by atoms with Crippen LogP contribution in [0.15, 0.2) is 29.3 Å². The third kappa shape index (κ3) is 2.80. The fourth-order valence-electron chi connectivity index (χ4n) is 2.57. The van der Waals surface area contributed by atoms with Crippen molar-refractivity contribution >= 4 is 11.6 Å². The van der Waals surface area contributed by atoms with E-state index in [9.17, 15) is 9.59 Å². The van der Waals surface area contributed by atoms with Crippen molar-refractivity contribution in [1.29, 1.82) is 0 Å². The van der Waals surface area contributed by atoms with Crippen molar-refractivity contribution in [2.24, 2.45) is 0 Å². The average Bonchev–Trinajstić information content (AvgIpc) is 2.48. The van der Waals surface area contributed by atoms with Crippen LogP contribution >= 0.6 is 0 Å². The van der Waals surface area contributed by atoms with Gasteiger partial charge < -0.3 is 10.6 Å². The molecule has 1 fully saturated rings. The summed E-state index contributed by atoms with van der Waals surface area (Å²) in [6.07, 6.45) is 4.97. The monoisotopic (exact) mass is 286 g/mol. The van der Waals surface area contributed by atoms with Crippen molar-refractivity contribution in [2.45, 2.75) is 25.8 Å². The van der Waals surface area contributed by atoms with Crippen molar-refractivity contribution in [2.75, 3.05) is 13.1 Å². The normalized spacial score (nSPS) is 18.6. The molecule has 1 aliphatic heterocycles. The van der Waals surface area contributed by atoms with Crippen LogP contribution in [0.4, 0.5) is 0 Å². The molecule has 0 radical (unpaired) electrons. The number of hydrogen-bond acceptors (Lipinski definition) is 4. The summed E-state index contributed by atoms with van der Waals surface area (Å²) in [6.45, 7) is 3.65. The van der Waals surface area contributed by atoms with E-state index in [-0.39, 0.29) is 23.1 Å². The fourth-order valence-corrected chi connectivity index (χ4v) is 2.57. The minimum atomic E-state index is -0.351. The van der Waals surface area contributed by atoms with Crippen LogP contribution in [0.2, 0.25) is 0 Å². The lowest BCUT2D eigenvalue weighted by atomic mass is 10.1.